The summed E-state index contributed by atoms with van der Waals surface area (Å²) in [6.07, 6.45) is 6.69. The van der Waals surface area contributed by atoms with E-state index in [2.05, 4.69) is 71.6 Å². The highest BCUT2D eigenvalue weighted by molar-refractivity contribution is 7.98. The minimum atomic E-state index is -3.55. The number of nitrogens with one attached hydrogen (secondary N) is 4. The number of fused-ring (bicyclic) bond motifs is 2. The van der Waals surface area contributed by atoms with Crippen LogP contribution in [-0.4, -0.2) is 92.3 Å². The van der Waals surface area contributed by atoms with E-state index < -0.39 is 15.9 Å². The van der Waals surface area contributed by atoms with E-state index in [-0.39, 0.29) is 10.5 Å². The topological polar surface area (TPSA) is 271 Å². The number of H-pyrrole nitrogens is 3. The first-order valence-electron chi connectivity index (χ1n) is 16.2. The molecule has 4 aromatic carbocycles. The van der Waals surface area contributed by atoms with E-state index in [0.29, 0.717) is 15.8 Å². The zero-order chi connectivity index (χ0) is 40.3. The van der Waals surface area contributed by atoms with Gasteiger partial charge in [-0.25, -0.2) is 17.8 Å². The van der Waals surface area contributed by atoms with Gasteiger partial charge in [0, 0.05) is 10.9 Å². The van der Waals surface area contributed by atoms with Crippen molar-refractivity contribution in [3.63, 3.8) is 0 Å². The maximum atomic E-state index is 11.1. The second-order valence-electron chi connectivity index (χ2n) is 10.7. The molecular weight excluding hydrogens is 795 g/mol. The Morgan fingerprint density at radius 3 is 2.07 bits per heavy atom. The highest BCUT2D eigenvalue weighted by atomic mass is 32.2. The number of hydrogen-bond acceptors (Lipinski definition) is 17. The van der Waals surface area contributed by atoms with Crippen LogP contribution in [0.15, 0.2) is 147 Å². The fourth-order valence-corrected chi connectivity index (χ4v) is 5.89. The van der Waals surface area contributed by atoms with Crippen LogP contribution in [0.4, 0.5) is 0 Å². The van der Waals surface area contributed by atoms with Gasteiger partial charge in [0.2, 0.25) is 15.8 Å². The van der Waals surface area contributed by atoms with Crippen LogP contribution >= 0.6 is 24.0 Å². The van der Waals surface area contributed by atoms with Gasteiger partial charge in [0.05, 0.1) is 23.6 Å². The average Bonchev–Trinajstić information content (AvgIpc) is 4.10. The molecule has 0 saturated heterocycles. The van der Waals surface area contributed by atoms with Crippen molar-refractivity contribution in [1.82, 2.24) is 76.5 Å². The van der Waals surface area contributed by atoms with Crippen LogP contribution in [-0.2, 0) is 10.0 Å². The average molecular weight is 826 g/mol. The fourth-order valence-electron chi connectivity index (χ4n) is 4.27. The third-order valence-electron chi connectivity index (χ3n) is 6.91. The van der Waals surface area contributed by atoms with Crippen molar-refractivity contribution in [1.29, 1.82) is 0 Å². The number of amides is 1. The molecule has 6 heterocycles. The van der Waals surface area contributed by atoms with E-state index in [1.165, 1.54) is 35.7 Å². The van der Waals surface area contributed by atoms with E-state index in [1.807, 2.05) is 96.8 Å². The molecule has 5 aromatic heterocycles. The summed E-state index contributed by atoms with van der Waals surface area (Å²) in [5, 5.41) is 45.2. The first kappa shape index (κ1) is 40.9. The number of para-hydroxylation sites is 2. The fraction of sp³-hybridized carbons (Fsp3) is 0.0588. The Labute approximate surface area is 332 Å². The van der Waals surface area contributed by atoms with Gasteiger partial charge in [-0.2, -0.15) is 15.6 Å². The summed E-state index contributed by atoms with van der Waals surface area (Å²) in [5.74, 6) is 0.0839. The van der Waals surface area contributed by atoms with Crippen molar-refractivity contribution in [3.05, 3.63) is 144 Å². The van der Waals surface area contributed by atoms with Gasteiger partial charge in [-0.05, 0) is 78.3 Å². The second kappa shape index (κ2) is 21.0. The molecule has 290 valence electrons. The molecule has 0 radical (unpaired) electrons. The molecule has 9 aromatic rings. The molecule has 20 nitrogen and oxygen atoms in total. The number of nitrogens with zero attached hydrogens (tertiary/aromatic N) is 11. The third kappa shape index (κ3) is 12.4. The first-order chi connectivity index (χ1) is 27.7. The molecule has 1 amide bonds. The van der Waals surface area contributed by atoms with Crippen LogP contribution in [0, 0.1) is 11.7 Å². The zero-order valence-corrected chi connectivity index (χ0v) is 32.3. The van der Waals surface area contributed by atoms with Gasteiger partial charge in [-0.1, -0.05) is 105 Å². The predicted octanol–water partition coefficient (Wildman–Crippen LogP) is 5.04. The molecule has 0 atom stereocenters. The van der Waals surface area contributed by atoms with E-state index in [4.69, 9.17) is 16.7 Å². The first-order valence-corrected chi connectivity index (χ1v) is 19.3. The van der Waals surface area contributed by atoms with Crippen molar-refractivity contribution in [2.24, 2.45) is 0 Å². The van der Waals surface area contributed by atoms with Gasteiger partial charge < -0.3 is 9.05 Å². The molecule has 1 aliphatic rings. The lowest BCUT2D eigenvalue weighted by Gasteiger charge is -1.97. The lowest BCUT2D eigenvalue weighted by Crippen LogP contribution is -2.20. The summed E-state index contributed by atoms with van der Waals surface area (Å²) in [5.41, 5.74) is 4.21. The van der Waals surface area contributed by atoms with Crippen LogP contribution in [0.25, 0.3) is 28.0 Å². The minimum Gasteiger partial charge on any atom is -0.365 e. The molecular formula is C34H31N15O5S3. The summed E-state index contributed by atoms with van der Waals surface area (Å²) in [6.45, 7) is 2.04. The number of rotatable bonds is 3. The molecule has 0 fully saturated rings. The van der Waals surface area contributed by atoms with Gasteiger partial charge in [-0.15, -0.1) is 20.4 Å². The molecule has 0 saturated carbocycles. The van der Waals surface area contributed by atoms with E-state index in [9.17, 15) is 13.2 Å². The summed E-state index contributed by atoms with van der Waals surface area (Å²) < 4.78 is 35.4. The molecule has 4 N–H and O–H groups in total. The zero-order valence-electron chi connectivity index (χ0n) is 29.8. The summed E-state index contributed by atoms with van der Waals surface area (Å²) >= 11 is 6.38. The molecule has 23 heteroatoms. The van der Waals surface area contributed by atoms with E-state index >= 15 is 0 Å². The van der Waals surface area contributed by atoms with Gasteiger partial charge >= 0.3 is 0 Å². The van der Waals surface area contributed by atoms with Crippen LogP contribution < -0.4 is 4.72 Å². The number of thioether (sulfide) groups is 1. The minimum absolute atomic E-state index is 0.0648. The Bertz CT molecular complexity index is 2620. The van der Waals surface area contributed by atoms with Gasteiger partial charge in [-0.3, -0.25) is 4.79 Å². The SMILES string of the molecule is CSc1nn[nH]n1.Cc1ccc(-c2nn[nH]n2)cc1.O=C1NS(=O)(=O)c2ccccc21.S=c1nn[nH]n1-c1ccccc1.c1ccc2oncc2c1.c1cnoc1. The lowest BCUT2D eigenvalue weighted by atomic mass is 10.1. The number of hydrogen-bond donors (Lipinski definition) is 4. The Balaban J connectivity index is 0.000000133. The third-order valence-corrected chi connectivity index (χ3v) is 9.10. The highest BCUT2D eigenvalue weighted by Crippen LogP contribution is 2.21. The van der Waals surface area contributed by atoms with Crippen molar-refractivity contribution >= 4 is 50.9 Å². The maximum Gasteiger partial charge on any atom is 0.266 e. The van der Waals surface area contributed by atoms with Crippen LogP contribution in [0.1, 0.15) is 15.9 Å². The second-order valence-corrected chi connectivity index (χ2v) is 13.5. The molecule has 1 aliphatic heterocycles. The quantitative estimate of drug-likeness (QED) is 0.134. The van der Waals surface area contributed by atoms with Gasteiger partial charge in [0.1, 0.15) is 11.2 Å². The summed E-state index contributed by atoms with van der Waals surface area (Å²) in [7, 11) is -3.55. The molecule has 0 spiro atoms. The van der Waals surface area contributed by atoms with Crippen molar-refractivity contribution in [2.75, 3.05) is 6.26 Å². The smallest absolute Gasteiger partial charge is 0.266 e. The lowest BCUT2D eigenvalue weighted by molar-refractivity contribution is 0.0985. The number of benzene rings is 4. The monoisotopic (exact) mass is 825 g/mol. The van der Waals surface area contributed by atoms with Crippen LogP contribution in [0.5, 0.6) is 0 Å². The Kier molecular flexibility index (Phi) is 15.1. The molecule has 0 aliphatic carbocycles. The Morgan fingerprint density at radius 1 is 0.772 bits per heavy atom. The molecule has 10 rings (SSSR count). The number of carbonyl (C=O) groups excluding carboxylic acids is 1. The predicted molar refractivity (Wildman–Crippen MR) is 208 cm³/mol. The van der Waals surface area contributed by atoms with Crippen molar-refractivity contribution < 1.29 is 22.3 Å². The normalized spacial score (nSPS) is 11.6. The Hall–Kier alpha value is -7.24. The number of aryl methyl sites for hydroxylation is 1. The summed E-state index contributed by atoms with van der Waals surface area (Å²) in [6, 6.07) is 33.2. The largest absolute Gasteiger partial charge is 0.365 e. The number of tetrazole rings is 3. The molecule has 0 bridgehead atoms. The molecule has 57 heavy (non-hydrogen) atoms. The van der Waals surface area contributed by atoms with Crippen molar-refractivity contribution in [2.45, 2.75) is 17.0 Å². The van der Waals surface area contributed by atoms with Crippen molar-refractivity contribution in [3.8, 4) is 17.1 Å². The van der Waals surface area contributed by atoms with Gasteiger partial charge in [0.25, 0.3) is 15.9 Å². The number of aromatic nitrogens is 14. The number of carbonyl (C=O) groups is 1. The molecule has 0 unspecified atom stereocenters. The Morgan fingerprint density at radius 2 is 1.49 bits per heavy atom. The summed E-state index contributed by atoms with van der Waals surface area (Å²) in [4.78, 5) is 11.1. The number of aromatic amines is 3. The van der Waals surface area contributed by atoms with E-state index in [0.717, 1.165) is 22.2 Å². The van der Waals surface area contributed by atoms with E-state index in [1.54, 1.807) is 35.3 Å². The standard InChI is InChI=1S/C8H8N4.C7H6N4S.C7H5NO3S.C7H5NO.C3H3NO.C2H4N4S/c1-6-2-4-7(5-3-6)8-9-11-12-10-8;12-7-8-9-10-11(7)6-4-2-1-3-5-6;9-7-5-3-1-2-4-6(5)12(10,11)8-7;1-2-4-7-6(3-1)5-8-9-7;1-2-4-5-3-1;1-7-2-3-5-6-4-2/h2-5H,1H3,(H,9,10,11,12);1-5H,(H,8,10,12);1-4H,(H,8,9);1-5H;1-3H;1H3,(H,3,4,5,6). The maximum absolute atomic E-state index is 11.1. The van der Waals surface area contributed by atoms with Crippen LogP contribution in [0.2, 0.25) is 0 Å². The number of sulfonamides is 1. The van der Waals surface area contributed by atoms with Crippen LogP contribution in [0.3, 0.4) is 0 Å². The highest BCUT2D eigenvalue weighted by Gasteiger charge is 2.31. The van der Waals surface area contributed by atoms with Gasteiger partial charge in [0.15, 0.2) is 5.58 Å².